The Labute approximate surface area is 163 Å². The SMILES string of the molecule is CCCCCOC(=O)CC(CC(=O)OCCCCC)NCc1ccccc1. The summed E-state index contributed by atoms with van der Waals surface area (Å²) in [6.07, 6.45) is 6.37. The van der Waals surface area contributed by atoms with E-state index >= 15 is 0 Å². The summed E-state index contributed by atoms with van der Waals surface area (Å²) < 4.78 is 10.6. The van der Waals surface area contributed by atoms with Gasteiger partial charge in [-0.3, -0.25) is 9.59 Å². The average molecular weight is 378 g/mol. The molecule has 0 aliphatic carbocycles. The summed E-state index contributed by atoms with van der Waals surface area (Å²) in [6, 6.07) is 9.63. The van der Waals surface area contributed by atoms with E-state index in [0.29, 0.717) is 19.8 Å². The van der Waals surface area contributed by atoms with Crippen molar-refractivity contribution in [3.05, 3.63) is 35.9 Å². The second-order valence-corrected chi connectivity index (χ2v) is 6.83. The van der Waals surface area contributed by atoms with Crippen LogP contribution < -0.4 is 5.32 Å². The minimum absolute atomic E-state index is 0.170. The maximum Gasteiger partial charge on any atom is 0.307 e. The molecule has 1 rings (SSSR count). The molecule has 0 amide bonds. The summed E-state index contributed by atoms with van der Waals surface area (Å²) in [5.41, 5.74) is 1.11. The summed E-state index contributed by atoms with van der Waals surface area (Å²) in [5.74, 6) is -0.536. The molecule has 0 spiro atoms. The Morgan fingerprint density at radius 1 is 0.852 bits per heavy atom. The first kappa shape index (κ1) is 23.2. The van der Waals surface area contributed by atoms with Crippen LogP contribution in [0.4, 0.5) is 0 Å². The topological polar surface area (TPSA) is 64.6 Å². The first-order valence-corrected chi connectivity index (χ1v) is 10.2. The molecule has 27 heavy (non-hydrogen) atoms. The second-order valence-electron chi connectivity index (χ2n) is 6.83. The van der Waals surface area contributed by atoms with Crippen LogP contribution in [0.1, 0.15) is 70.8 Å². The van der Waals surface area contributed by atoms with Gasteiger partial charge in [-0.1, -0.05) is 69.9 Å². The first-order chi connectivity index (χ1) is 13.2. The molecule has 1 aromatic rings. The van der Waals surface area contributed by atoms with Crippen molar-refractivity contribution in [2.24, 2.45) is 0 Å². The van der Waals surface area contributed by atoms with Gasteiger partial charge < -0.3 is 14.8 Å². The van der Waals surface area contributed by atoms with Crippen molar-refractivity contribution in [3.8, 4) is 0 Å². The lowest BCUT2D eigenvalue weighted by atomic mass is 10.1. The van der Waals surface area contributed by atoms with Gasteiger partial charge in [0.2, 0.25) is 0 Å². The lowest BCUT2D eigenvalue weighted by molar-refractivity contribution is -0.146. The normalized spacial score (nSPS) is 10.8. The van der Waals surface area contributed by atoms with Crippen molar-refractivity contribution in [1.82, 2.24) is 5.32 Å². The van der Waals surface area contributed by atoms with Crippen LogP contribution in [0.25, 0.3) is 0 Å². The van der Waals surface area contributed by atoms with Crippen molar-refractivity contribution in [2.75, 3.05) is 13.2 Å². The van der Waals surface area contributed by atoms with E-state index in [1.165, 1.54) is 0 Å². The minimum Gasteiger partial charge on any atom is -0.466 e. The summed E-state index contributed by atoms with van der Waals surface area (Å²) in [4.78, 5) is 24.2. The van der Waals surface area contributed by atoms with Crippen molar-refractivity contribution in [1.29, 1.82) is 0 Å². The summed E-state index contributed by atoms with van der Waals surface area (Å²) in [6.45, 7) is 5.70. The van der Waals surface area contributed by atoms with Crippen LogP contribution in [0.15, 0.2) is 30.3 Å². The number of nitrogens with one attached hydrogen (secondary N) is 1. The molecule has 0 aromatic heterocycles. The second kappa shape index (κ2) is 15.2. The van der Waals surface area contributed by atoms with E-state index < -0.39 is 0 Å². The molecule has 0 bridgehead atoms. The highest BCUT2D eigenvalue weighted by Gasteiger charge is 2.19. The Kier molecular flexibility index (Phi) is 13.0. The number of carbonyl (C=O) groups is 2. The molecule has 0 aliphatic rings. The fourth-order valence-electron chi connectivity index (χ4n) is 2.67. The average Bonchev–Trinajstić information content (AvgIpc) is 2.67. The number of carbonyl (C=O) groups excluding carboxylic acids is 2. The van der Waals surface area contributed by atoms with E-state index in [9.17, 15) is 9.59 Å². The van der Waals surface area contributed by atoms with Crippen LogP contribution in [-0.4, -0.2) is 31.2 Å². The Bertz CT molecular complexity index is 492. The van der Waals surface area contributed by atoms with Crippen LogP contribution in [0.5, 0.6) is 0 Å². The Morgan fingerprint density at radius 2 is 1.37 bits per heavy atom. The zero-order valence-electron chi connectivity index (χ0n) is 16.9. The molecular formula is C22H35NO4. The van der Waals surface area contributed by atoms with E-state index in [1.54, 1.807) is 0 Å². The number of hydrogen-bond acceptors (Lipinski definition) is 5. The highest BCUT2D eigenvalue weighted by Crippen LogP contribution is 2.07. The van der Waals surface area contributed by atoms with Gasteiger partial charge in [0.25, 0.3) is 0 Å². The molecule has 0 radical (unpaired) electrons. The highest BCUT2D eigenvalue weighted by molar-refractivity contribution is 5.74. The van der Waals surface area contributed by atoms with Gasteiger partial charge in [-0.25, -0.2) is 0 Å². The van der Waals surface area contributed by atoms with E-state index in [4.69, 9.17) is 9.47 Å². The third kappa shape index (κ3) is 12.2. The van der Waals surface area contributed by atoms with Crippen molar-refractivity contribution in [3.63, 3.8) is 0 Å². The number of esters is 2. The van der Waals surface area contributed by atoms with Gasteiger partial charge in [0.1, 0.15) is 0 Å². The molecule has 1 N–H and O–H groups in total. The number of unbranched alkanes of at least 4 members (excludes halogenated alkanes) is 4. The molecule has 5 nitrogen and oxygen atoms in total. The van der Waals surface area contributed by atoms with Gasteiger partial charge >= 0.3 is 11.9 Å². The van der Waals surface area contributed by atoms with Crippen LogP contribution in [0.2, 0.25) is 0 Å². The third-order valence-electron chi connectivity index (χ3n) is 4.29. The molecule has 152 valence electrons. The summed E-state index contributed by atoms with van der Waals surface area (Å²) in [5, 5.41) is 3.30. The van der Waals surface area contributed by atoms with Crippen molar-refractivity contribution >= 4 is 11.9 Å². The standard InChI is InChI=1S/C22H35NO4/c1-3-5-10-14-26-21(24)16-20(17-22(25)27-15-11-6-4-2)23-18-19-12-8-7-9-13-19/h7-9,12-13,20,23H,3-6,10-11,14-18H2,1-2H3. The molecule has 5 heteroatoms. The smallest absolute Gasteiger partial charge is 0.307 e. The summed E-state index contributed by atoms with van der Waals surface area (Å²) >= 11 is 0. The third-order valence-corrected chi connectivity index (χ3v) is 4.29. The summed E-state index contributed by atoms with van der Waals surface area (Å²) in [7, 11) is 0. The van der Waals surface area contributed by atoms with E-state index in [2.05, 4.69) is 19.2 Å². The molecule has 0 unspecified atom stereocenters. The Morgan fingerprint density at radius 3 is 1.85 bits per heavy atom. The predicted molar refractivity (Wildman–Crippen MR) is 107 cm³/mol. The molecular weight excluding hydrogens is 342 g/mol. The Hall–Kier alpha value is -1.88. The van der Waals surface area contributed by atoms with E-state index in [-0.39, 0.29) is 30.8 Å². The van der Waals surface area contributed by atoms with E-state index in [1.807, 2.05) is 30.3 Å². The number of benzene rings is 1. The predicted octanol–water partition coefficient (Wildman–Crippen LogP) is 4.39. The fourth-order valence-corrected chi connectivity index (χ4v) is 2.67. The van der Waals surface area contributed by atoms with Gasteiger partial charge in [-0.15, -0.1) is 0 Å². The van der Waals surface area contributed by atoms with Crippen LogP contribution in [0, 0.1) is 0 Å². The molecule has 0 fully saturated rings. The van der Waals surface area contributed by atoms with Crippen molar-refractivity contribution < 1.29 is 19.1 Å². The van der Waals surface area contributed by atoms with Gasteiger partial charge in [0.05, 0.1) is 26.1 Å². The van der Waals surface area contributed by atoms with Gasteiger partial charge in [0, 0.05) is 12.6 Å². The molecule has 0 saturated carbocycles. The number of ether oxygens (including phenoxy) is 2. The lowest BCUT2D eigenvalue weighted by Crippen LogP contribution is -2.34. The highest BCUT2D eigenvalue weighted by atomic mass is 16.5. The first-order valence-electron chi connectivity index (χ1n) is 10.2. The monoisotopic (exact) mass is 377 g/mol. The van der Waals surface area contributed by atoms with Crippen LogP contribution >= 0.6 is 0 Å². The minimum atomic E-state index is -0.289. The van der Waals surface area contributed by atoms with Gasteiger partial charge in [0.15, 0.2) is 0 Å². The van der Waals surface area contributed by atoms with E-state index in [0.717, 1.165) is 44.1 Å². The zero-order valence-corrected chi connectivity index (χ0v) is 16.9. The largest absolute Gasteiger partial charge is 0.466 e. The molecule has 0 heterocycles. The van der Waals surface area contributed by atoms with Crippen molar-refractivity contribution in [2.45, 2.75) is 77.8 Å². The lowest BCUT2D eigenvalue weighted by Gasteiger charge is -2.18. The number of hydrogen-bond donors (Lipinski definition) is 1. The maximum atomic E-state index is 12.1. The fraction of sp³-hybridized carbons (Fsp3) is 0.636. The number of rotatable bonds is 15. The molecule has 0 atom stereocenters. The van der Waals surface area contributed by atoms with Gasteiger partial charge in [-0.2, -0.15) is 0 Å². The zero-order chi connectivity index (χ0) is 19.7. The maximum absolute atomic E-state index is 12.1. The van der Waals surface area contributed by atoms with Crippen LogP contribution in [0.3, 0.4) is 0 Å². The van der Waals surface area contributed by atoms with Crippen LogP contribution in [-0.2, 0) is 25.6 Å². The van der Waals surface area contributed by atoms with Gasteiger partial charge in [-0.05, 0) is 18.4 Å². The quantitative estimate of drug-likeness (QED) is 0.363. The molecule has 1 aromatic carbocycles. The molecule has 0 saturated heterocycles. The molecule has 0 aliphatic heterocycles. The Balaban J connectivity index is 2.46.